The topological polar surface area (TPSA) is 36.6 Å². The van der Waals surface area contributed by atoms with Crippen molar-refractivity contribution < 1.29 is 13.9 Å². The highest BCUT2D eigenvalue weighted by Crippen LogP contribution is 2.36. The maximum absolute atomic E-state index is 13.6. The summed E-state index contributed by atoms with van der Waals surface area (Å²) in [4.78, 5) is 2.29. The van der Waals surface area contributed by atoms with Crippen molar-refractivity contribution in [2.45, 2.75) is 25.4 Å². The van der Waals surface area contributed by atoms with Crippen LogP contribution in [-0.4, -0.2) is 29.6 Å². The van der Waals surface area contributed by atoms with E-state index in [9.17, 15) is 9.50 Å². The van der Waals surface area contributed by atoms with E-state index in [1.165, 1.54) is 6.07 Å². The van der Waals surface area contributed by atoms with E-state index in [0.717, 1.165) is 19.6 Å². The number of aliphatic hydroxyl groups is 1. The summed E-state index contributed by atoms with van der Waals surface area (Å²) in [7, 11) is 0. The maximum Gasteiger partial charge on any atom is 0.170 e. The van der Waals surface area contributed by atoms with Crippen LogP contribution in [0, 0.1) is 5.82 Å². The Morgan fingerprint density at radius 3 is 2.74 bits per heavy atom. The van der Waals surface area contributed by atoms with Crippen LogP contribution < -0.4 is 0 Å². The van der Waals surface area contributed by atoms with E-state index in [1.807, 2.05) is 0 Å². The van der Waals surface area contributed by atoms with Crippen molar-refractivity contribution in [1.82, 2.24) is 4.90 Å². The van der Waals surface area contributed by atoms with Crippen LogP contribution in [-0.2, 0) is 5.60 Å². The van der Waals surface area contributed by atoms with Gasteiger partial charge in [0, 0.05) is 18.5 Å². The summed E-state index contributed by atoms with van der Waals surface area (Å²) >= 11 is 0. The molecule has 1 aromatic heterocycles. The van der Waals surface area contributed by atoms with Gasteiger partial charge < -0.3 is 14.4 Å². The van der Waals surface area contributed by atoms with E-state index >= 15 is 0 Å². The molecule has 0 spiro atoms. The molecule has 3 rings (SSSR count). The van der Waals surface area contributed by atoms with E-state index in [-0.39, 0.29) is 11.4 Å². The Morgan fingerprint density at radius 1 is 1.37 bits per heavy atom. The summed E-state index contributed by atoms with van der Waals surface area (Å²) in [6.45, 7) is 4.78. The molecule has 0 unspecified atom stereocenters. The van der Waals surface area contributed by atoms with Crippen LogP contribution in [0.15, 0.2) is 28.7 Å². The van der Waals surface area contributed by atoms with Gasteiger partial charge in [-0.05, 0) is 31.5 Å². The minimum absolute atomic E-state index is 0.240. The van der Waals surface area contributed by atoms with Crippen LogP contribution in [0.4, 0.5) is 4.39 Å². The molecule has 1 aliphatic heterocycles. The Kier molecular flexibility index (Phi) is 3.07. The monoisotopic (exact) mass is 263 g/mol. The normalized spacial score (nSPS) is 19.9. The first-order chi connectivity index (χ1) is 9.12. The molecule has 0 aliphatic carbocycles. The number of fused-ring (bicyclic) bond motifs is 1. The highest BCUT2D eigenvalue weighted by Gasteiger charge is 2.36. The van der Waals surface area contributed by atoms with Crippen molar-refractivity contribution in [3.8, 4) is 0 Å². The Labute approximate surface area is 111 Å². The van der Waals surface area contributed by atoms with Crippen LogP contribution in [0.5, 0.6) is 0 Å². The zero-order valence-corrected chi connectivity index (χ0v) is 11.0. The molecule has 1 N–H and O–H groups in total. The van der Waals surface area contributed by atoms with E-state index in [2.05, 4.69) is 11.8 Å². The molecule has 0 amide bonds. The first kappa shape index (κ1) is 12.6. The van der Waals surface area contributed by atoms with E-state index in [4.69, 9.17) is 4.42 Å². The number of piperidine rings is 1. The van der Waals surface area contributed by atoms with Gasteiger partial charge in [-0.2, -0.15) is 0 Å². The number of hydrogen-bond donors (Lipinski definition) is 1. The molecule has 4 heteroatoms. The standard InChI is InChI=1S/C15H18FNO2/c1-2-17-8-6-15(18,7-9-17)13-10-11-4-3-5-12(16)14(11)19-13/h3-5,10,18H,2,6-9H2,1H3. The second-order valence-electron chi connectivity index (χ2n) is 5.23. The van der Waals surface area contributed by atoms with Crippen molar-refractivity contribution in [1.29, 1.82) is 0 Å². The average Bonchev–Trinajstić information content (AvgIpc) is 2.86. The highest BCUT2D eigenvalue weighted by molar-refractivity contribution is 5.78. The first-order valence-electron chi connectivity index (χ1n) is 6.76. The largest absolute Gasteiger partial charge is 0.455 e. The Bertz CT molecular complexity index is 585. The van der Waals surface area contributed by atoms with Crippen LogP contribution >= 0.6 is 0 Å². The smallest absolute Gasteiger partial charge is 0.170 e. The maximum atomic E-state index is 13.6. The lowest BCUT2D eigenvalue weighted by atomic mass is 9.89. The molecule has 1 saturated heterocycles. The van der Waals surface area contributed by atoms with Gasteiger partial charge >= 0.3 is 0 Å². The molecule has 19 heavy (non-hydrogen) atoms. The summed E-state index contributed by atoms with van der Waals surface area (Å²) in [5.41, 5.74) is -0.722. The molecule has 1 aromatic carbocycles. The van der Waals surface area contributed by atoms with Crippen molar-refractivity contribution in [3.05, 3.63) is 35.8 Å². The zero-order chi connectivity index (χ0) is 13.5. The Hall–Kier alpha value is -1.39. The van der Waals surface area contributed by atoms with Crippen molar-refractivity contribution in [3.63, 3.8) is 0 Å². The van der Waals surface area contributed by atoms with Crippen molar-refractivity contribution in [2.24, 2.45) is 0 Å². The molecule has 0 saturated carbocycles. The van der Waals surface area contributed by atoms with Gasteiger partial charge in [-0.25, -0.2) is 4.39 Å². The summed E-state index contributed by atoms with van der Waals surface area (Å²) in [6, 6.07) is 6.59. The lowest BCUT2D eigenvalue weighted by molar-refractivity contribution is -0.0400. The molecule has 2 heterocycles. The third kappa shape index (κ3) is 2.15. The predicted molar refractivity (Wildman–Crippen MR) is 71.4 cm³/mol. The van der Waals surface area contributed by atoms with Gasteiger partial charge in [-0.1, -0.05) is 19.1 Å². The molecule has 2 aromatic rings. The fourth-order valence-corrected chi connectivity index (χ4v) is 2.74. The number of likely N-dealkylation sites (tertiary alicyclic amines) is 1. The molecule has 1 aliphatic rings. The molecule has 0 radical (unpaired) electrons. The van der Waals surface area contributed by atoms with Gasteiger partial charge in [0.2, 0.25) is 0 Å². The van der Waals surface area contributed by atoms with E-state index in [0.29, 0.717) is 24.0 Å². The second kappa shape index (κ2) is 4.62. The lowest BCUT2D eigenvalue weighted by Gasteiger charge is -2.36. The Morgan fingerprint density at radius 2 is 2.11 bits per heavy atom. The lowest BCUT2D eigenvalue weighted by Crippen LogP contribution is -2.42. The van der Waals surface area contributed by atoms with Crippen molar-refractivity contribution >= 4 is 11.0 Å². The predicted octanol–water partition coefficient (Wildman–Crippen LogP) is 2.88. The summed E-state index contributed by atoms with van der Waals surface area (Å²) < 4.78 is 19.2. The van der Waals surface area contributed by atoms with Gasteiger partial charge in [0.1, 0.15) is 11.4 Å². The molecule has 3 nitrogen and oxygen atoms in total. The molecule has 0 atom stereocenters. The third-order valence-corrected chi connectivity index (χ3v) is 4.09. The van der Waals surface area contributed by atoms with E-state index < -0.39 is 5.60 Å². The number of furan rings is 1. The van der Waals surface area contributed by atoms with Crippen molar-refractivity contribution in [2.75, 3.05) is 19.6 Å². The fraction of sp³-hybridized carbons (Fsp3) is 0.467. The number of nitrogens with zero attached hydrogens (tertiary/aromatic N) is 1. The first-order valence-corrected chi connectivity index (χ1v) is 6.76. The van der Waals surface area contributed by atoms with Crippen LogP contribution in [0.1, 0.15) is 25.5 Å². The van der Waals surface area contributed by atoms with Gasteiger partial charge in [-0.15, -0.1) is 0 Å². The average molecular weight is 263 g/mol. The third-order valence-electron chi connectivity index (χ3n) is 4.09. The molecule has 102 valence electrons. The molecule has 0 bridgehead atoms. The molecular weight excluding hydrogens is 245 g/mol. The minimum Gasteiger partial charge on any atom is -0.455 e. The zero-order valence-electron chi connectivity index (χ0n) is 11.0. The molecule has 1 fully saturated rings. The minimum atomic E-state index is -0.961. The highest BCUT2D eigenvalue weighted by atomic mass is 19.1. The quantitative estimate of drug-likeness (QED) is 0.905. The van der Waals surface area contributed by atoms with E-state index in [1.54, 1.807) is 18.2 Å². The number of hydrogen-bond acceptors (Lipinski definition) is 3. The summed E-state index contributed by atoms with van der Waals surface area (Å²) in [5.74, 6) is 0.113. The fourth-order valence-electron chi connectivity index (χ4n) is 2.74. The second-order valence-corrected chi connectivity index (χ2v) is 5.23. The SMILES string of the molecule is CCN1CCC(O)(c2cc3cccc(F)c3o2)CC1. The van der Waals surface area contributed by atoms with Gasteiger partial charge in [-0.3, -0.25) is 0 Å². The number of rotatable bonds is 2. The van der Waals surface area contributed by atoms with Crippen LogP contribution in [0.2, 0.25) is 0 Å². The summed E-state index contributed by atoms with van der Waals surface area (Å²) in [6.07, 6.45) is 1.25. The molecular formula is C15H18FNO2. The Balaban J connectivity index is 1.93. The van der Waals surface area contributed by atoms with Crippen LogP contribution in [0.25, 0.3) is 11.0 Å². The number of halogens is 1. The van der Waals surface area contributed by atoms with Crippen LogP contribution in [0.3, 0.4) is 0 Å². The number of benzene rings is 1. The van der Waals surface area contributed by atoms with Gasteiger partial charge in [0.15, 0.2) is 11.4 Å². The number of para-hydroxylation sites is 1. The summed E-state index contributed by atoms with van der Waals surface area (Å²) in [5, 5.41) is 11.4. The van der Waals surface area contributed by atoms with Gasteiger partial charge in [0.05, 0.1) is 0 Å². The van der Waals surface area contributed by atoms with Gasteiger partial charge in [0.25, 0.3) is 0 Å².